The minimum absolute atomic E-state index is 0.0208. The highest BCUT2D eigenvalue weighted by atomic mass is 16.4. The number of carbonyl (C=O) groups excluding carboxylic acids is 2. The predicted octanol–water partition coefficient (Wildman–Crippen LogP) is -2.01. The Balaban J connectivity index is 2.68. The van der Waals surface area contributed by atoms with Crippen LogP contribution in [0, 0.1) is 5.92 Å². The van der Waals surface area contributed by atoms with Crippen molar-refractivity contribution in [1.82, 2.24) is 0 Å². The fourth-order valence-corrected chi connectivity index (χ4v) is 0.947. The average molecular weight is 166 g/mol. The summed E-state index contributed by atoms with van der Waals surface area (Å²) in [4.78, 5) is 20.5. The zero-order valence-electron chi connectivity index (χ0n) is 6.15. The predicted molar refractivity (Wildman–Crippen MR) is 35.3 cm³/mol. The molecule has 1 atom stereocenters. The van der Waals surface area contributed by atoms with Gasteiger partial charge in [-0.2, -0.15) is 0 Å². The van der Waals surface area contributed by atoms with Crippen molar-refractivity contribution in [2.75, 3.05) is 0 Å². The smallest absolute Gasteiger partial charge is 0.0712 e. The van der Waals surface area contributed by atoms with Gasteiger partial charge in [-0.05, 0) is 12.0 Å². The molecule has 0 N–H and O–H groups in total. The Morgan fingerprint density at radius 2 is 2.08 bits per heavy atom. The summed E-state index contributed by atoms with van der Waals surface area (Å²) in [5, 5.41) is 20.5. The van der Waals surface area contributed by atoms with Crippen LogP contribution >= 0.6 is 0 Å². The molecule has 12 heavy (non-hydrogen) atoms. The Hall–Kier alpha value is -1.58. The van der Waals surface area contributed by atoms with E-state index < -0.39 is 17.9 Å². The summed E-state index contributed by atoms with van der Waals surface area (Å²) in [6, 6.07) is 0. The normalized spacial score (nSPS) is 21.7. The largest absolute Gasteiger partial charge is 0.550 e. The molecule has 0 aromatic heterocycles. The highest BCUT2D eigenvalue weighted by Gasteiger charge is 2.09. The topological polar surface area (TPSA) is 80.3 Å². The van der Waals surface area contributed by atoms with E-state index in [0.29, 0.717) is 0 Å². The van der Waals surface area contributed by atoms with Crippen molar-refractivity contribution in [3.05, 3.63) is 23.8 Å². The van der Waals surface area contributed by atoms with E-state index in [0.717, 1.165) is 0 Å². The quantitative estimate of drug-likeness (QED) is 0.474. The van der Waals surface area contributed by atoms with Gasteiger partial charge in [0.25, 0.3) is 0 Å². The number of carboxylic acids is 2. The van der Waals surface area contributed by atoms with Crippen molar-refractivity contribution in [3.63, 3.8) is 0 Å². The van der Waals surface area contributed by atoms with Crippen molar-refractivity contribution in [3.8, 4) is 0 Å². The standard InChI is InChI=1S/C8H8O4/c9-7(10)5-1-2-6(4-3-5)8(11)12/h1-3,6H,4H2,(H,9,10)(H,11,12)/p-2. The molecule has 0 heterocycles. The number of allylic oxidation sites excluding steroid dienone is 1. The SMILES string of the molecule is O=C([O-])C1=CCC(C(=O)[O-])C=C1. The maximum absolute atomic E-state index is 10.3. The number of hydrogen-bond donors (Lipinski definition) is 0. The molecule has 0 spiro atoms. The lowest BCUT2D eigenvalue weighted by Gasteiger charge is -2.16. The molecular weight excluding hydrogens is 160 g/mol. The van der Waals surface area contributed by atoms with Gasteiger partial charge in [0.15, 0.2) is 0 Å². The summed E-state index contributed by atoms with van der Waals surface area (Å²) in [6.45, 7) is 0. The number of rotatable bonds is 2. The zero-order valence-corrected chi connectivity index (χ0v) is 6.15. The van der Waals surface area contributed by atoms with Crippen LogP contribution in [-0.2, 0) is 9.59 Å². The molecule has 1 aliphatic rings. The third kappa shape index (κ3) is 1.72. The van der Waals surface area contributed by atoms with E-state index in [2.05, 4.69) is 0 Å². The summed E-state index contributed by atoms with van der Waals surface area (Å²) in [5.41, 5.74) is 0.0208. The Bertz CT molecular complexity index is 275. The molecule has 0 saturated carbocycles. The van der Waals surface area contributed by atoms with Gasteiger partial charge >= 0.3 is 0 Å². The van der Waals surface area contributed by atoms with Gasteiger partial charge < -0.3 is 19.8 Å². The van der Waals surface area contributed by atoms with E-state index in [9.17, 15) is 19.8 Å². The highest BCUT2D eigenvalue weighted by molar-refractivity contribution is 5.89. The second-order valence-corrected chi connectivity index (χ2v) is 2.47. The number of carboxylic acid groups (broad SMARTS) is 2. The molecule has 1 unspecified atom stereocenters. The first-order valence-corrected chi connectivity index (χ1v) is 3.42. The molecule has 0 fully saturated rings. The van der Waals surface area contributed by atoms with Crippen LogP contribution in [0.15, 0.2) is 23.8 Å². The molecule has 0 radical (unpaired) electrons. The molecule has 0 aromatic carbocycles. The molecule has 0 bridgehead atoms. The van der Waals surface area contributed by atoms with E-state index in [1.54, 1.807) is 0 Å². The Kier molecular flexibility index (Phi) is 2.28. The van der Waals surface area contributed by atoms with Crippen LogP contribution in [0.25, 0.3) is 0 Å². The molecule has 0 saturated heterocycles. The summed E-state index contributed by atoms with van der Waals surface area (Å²) in [7, 11) is 0. The van der Waals surface area contributed by atoms with Gasteiger partial charge in [0.05, 0.1) is 5.97 Å². The van der Waals surface area contributed by atoms with Gasteiger partial charge in [-0.1, -0.05) is 18.2 Å². The Labute approximate surface area is 68.8 Å². The minimum Gasteiger partial charge on any atom is -0.550 e. The maximum atomic E-state index is 10.3. The molecule has 4 heteroatoms. The van der Waals surface area contributed by atoms with Crippen molar-refractivity contribution >= 4 is 11.9 Å². The van der Waals surface area contributed by atoms with Crippen LogP contribution in [-0.4, -0.2) is 11.9 Å². The lowest BCUT2D eigenvalue weighted by atomic mass is 9.97. The molecule has 1 aliphatic carbocycles. The number of carbonyl (C=O) groups is 2. The molecular formula is C8H6O4-2. The van der Waals surface area contributed by atoms with Gasteiger partial charge in [0.1, 0.15) is 0 Å². The Morgan fingerprint density at radius 3 is 2.42 bits per heavy atom. The summed E-state index contributed by atoms with van der Waals surface area (Å²) < 4.78 is 0. The minimum atomic E-state index is -1.29. The van der Waals surface area contributed by atoms with Gasteiger partial charge in [-0.3, -0.25) is 0 Å². The van der Waals surface area contributed by atoms with E-state index in [-0.39, 0.29) is 12.0 Å². The van der Waals surface area contributed by atoms with Crippen molar-refractivity contribution < 1.29 is 19.8 Å². The van der Waals surface area contributed by atoms with Gasteiger partial charge in [0, 0.05) is 11.9 Å². The first kappa shape index (κ1) is 8.52. The number of aliphatic carboxylic acids is 2. The monoisotopic (exact) mass is 166 g/mol. The van der Waals surface area contributed by atoms with Gasteiger partial charge in [-0.15, -0.1) is 0 Å². The maximum Gasteiger partial charge on any atom is 0.0712 e. The third-order valence-corrected chi connectivity index (χ3v) is 1.64. The van der Waals surface area contributed by atoms with Crippen LogP contribution in [0.4, 0.5) is 0 Å². The second-order valence-electron chi connectivity index (χ2n) is 2.47. The average Bonchev–Trinajstić information content (AvgIpc) is 2.04. The van der Waals surface area contributed by atoms with Crippen LogP contribution in [0.5, 0.6) is 0 Å². The van der Waals surface area contributed by atoms with E-state index in [4.69, 9.17) is 0 Å². The first-order chi connectivity index (χ1) is 5.61. The molecule has 4 nitrogen and oxygen atoms in total. The third-order valence-electron chi connectivity index (χ3n) is 1.64. The van der Waals surface area contributed by atoms with E-state index in [1.165, 1.54) is 18.2 Å². The van der Waals surface area contributed by atoms with Crippen LogP contribution in [0.1, 0.15) is 6.42 Å². The van der Waals surface area contributed by atoms with Crippen molar-refractivity contribution in [1.29, 1.82) is 0 Å². The Morgan fingerprint density at radius 1 is 1.42 bits per heavy atom. The lowest BCUT2D eigenvalue weighted by molar-refractivity contribution is -0.310. The summed E-state index contributed by atoms with van der Waals surface area (Å²) in [6.07, 6.45) is 3.98. The number of hydrogen-bond acceptors (Lipinski definition) is 4. The first-order valence-electron chi connectivity index (χ1n) is 3.42. The van der Waals surface area contributed by atoms with Crippen LogP contribution in [0.2, 0.25) is 0 Å². The molecule has 0 amide bonds. The second kappa shape index (κ2) is 3.21. The molecule has 0 aliphatic heterocycles. The molecule has 1 rings (SSSR count). The zero-order chi connectivity index (χ0) is 9.14. The molecule has 64 valence electrons. The van der Waals surface area contributed by atoms with Crippen LogP contribution < -0.4 is 10.2 Å². The summed E-state index contributed by atoms with van der Waals surface area (Å²) >= 11 is 0. The van der Waals surface area contributed by atoms with Crippen LogP contribution in [0.3, 0.4) is 0 Å². The highest BCUT2D eigenvalue weighted by Crippen LogP contribution is 2.14. The fourth-order valence-electron chi connectivity index (χ4n) is 0.947. The fraction of sp³-hybridized carbons (Fsp3) is 0.250. The lowest BCUT2D eigenvalue weighted by Crippen LogP contribution is -2.31. The van der Waals surface area contributed by atoms with E-state index in [1.807, 2.05) is 0 Å². The van der Waals surface area contributed by atoms with Gasteiger partial charge in [0.2, 0.25) is 0 Å². The van der Waals surface area contributed by atoms with E-state index >= 15 is 0 Å². The molecule has 0 aromatic rings. The van der Waals surface area contributed by atoms with Crippen molar-refractivity contribution in [2.24, 2.45) is 5.92 Å². The summed E-state index contributed by atoms with van der Waals surface area (Å²) in [5.74, 6) is -3.20. The van der Waals surface area contributed by atoms with Crippen molar-refractivity contribution in [2.45, 2.75) is 6.42 Å². The van der Waals surface area contributed by atoms with Gasteiger partial charge in [-0.25, -0.2) is 0 Å².